The van der Waals surface area contributed by atoms with Crippen molar-refractivity contribution in [2.24, 2.45) is 10.9 Å². The van der Waals surface area contributed by atoms with Crippen LogP contribution in [0.2, 0.25) is 0 Å². The zero-order valence-corrected chi connectivity index (χ0v) is 15.9. The number of hydrogen-bond donors (Lipinski definition) is 3. The van der Waals surface area contributed by atoms with Crippen molar-refractivity contribution in [3.8, 4) is 0 Å². The summed E-state index contributed by atoms with van der Waals surface area (Å²) in [5, 5.41) is 11.1. The zero-order chi connectivity index (χ0) is 19.8. The van der Waals surface area contributed by atoms with E-state index in [1.807, 2.05) is 11.8 Å². The van der Waals surface area contributed by atoms with Gasteiger partial charge in [0, 0.05) is 23.8 Å². The monoisotopic (exact) mass is 382 g/mol. The van der Waals surface area contributed by atoms with Gasteiger partial charge in [0.05, 0.1) is 11.9 Å². The molecule has 2 aromatic heterocycles. The van der Waals surface area contributed by atoms with Crippen molar-refractivity contribution >= 4 is 23.9 Å². The fraction of sp³-hybridized carbons (Fsp3) is 0.400. The number of amides is 2. The van der Waals surface area contributed by atoms with E-state index in [-0.39, 0.29) is 11.9 Å². The van der Waals surface area contributed by atoms with Gasteiger partial charge in [-0.3, -0.25) is 10.7 Å². The van der Waals surface area contributed by atoms with Crippen LogP contribution in [0.3, 0.4) is 0 Å². The number of halogens is 1. The number of rotatable bonds is 3. The second kappa shape index (κ2) is 7.18. The lowest BCUT2D eigenvalue weighted by molar-refractivity contribution is -0.00603. The van der Waals surface area contributed by atoms with Crippen LogP contribution in [0.4, 0.5) is 15.0 Å². The van der Waals surface area contributed by atoms with E-state index >= 15 is 0 Å². The van der Waals surface area contributed by atoms with Crippen molar-refractivity contribution in [2.75, 3.05) is 5.32 Å². The molecule has 2 fully saturated rings. The first kappa shape index (κ1) is 18.3. The minimum atomic E-state index is -0.455. The highest BCUT2D eigenvalue weighted by Crippen LogP contribution is 2.41. The number of piperidine rings is 1. The summed E-state index contributed by atoms with van der Waals surface area (Å²) >= 11 is 0. The standard InChI is InChI=1S/C20H23FN6O/c1-11-5-14-7-15(6-11)27(14)20(28)26-18-8-16(12(2)9-23-18)19(22)24-10-13-3-4-17(21)25-13/h3-4,8-11,14-15,22,25H,5-7H2,1-2H3,(H,23,26,28). The lowest BCUT2D eigenvalue weighted by atomic mass is 9.74. The molecule has 7 nitrogen and oxygen atoms in total. The number of amidine groups is 1. The Morgan fingerprint density at radius 3 is 2.82 bits per heavy atom. The molecule has 0 radical (unpaired) electrons. The van der Waals surface area contributed by atoms with Gasteiger partial charge in [0.2, 0.25) is 0 Å². The molecule has 28 heavy (non-hydrogen) atoms. The van der Waals surface area contributed by atoms with Crippen LogP contribution in [0, 0.1) is 24.2 Å². The van der Waals surface area contributed by atoms with Gasteiger partial charge in [0.15, 0.2) is 11.8 Å². The molecule has 4 rings (SSSR count). The number of nitrogens with zero attached hydrogens (tertiary/aromatic N) is 3. The largest absolute Gasteiger partial charge is 0.331 e. The molecule has 2 unspecified atom stereocenters. The third-order valence-corrected chi connectivity index (χ3v) is 5.51. The molecule has 2 aliphatic rings. The maximum atomic E-state index is 13.0. The third kappa shape index (κ3) is 3.54. The molecule has 2 atom stereocenters. The van der Waals surface area contributed by atoms with Gasteiger partial charge in [0.1, 0.15) is 5.82 Å². The number of carbonyl (C=O) groups is 1. The molecule has 4 heterocycles. The topological polar surface area (TPSA) is 97.2 Å². The summed E-state index contributed by atoms with van der Waals surface area (Å²) < 4.78 is 13.0. The van der Waals surface area contributed by atoms with Crippen molar-refractivity contribution in [3.63, 3.8) is 0 Å². The normalized spacial score (nSPS) is 23.5. The predicted molar refractivity (Wildman–Crippen MR) is 106 cm³/mol. The van der Waals surface area contributed by atoms with Crippen LogP contribution in [0.1, 0.15) is 43.0 Å². The van der Waals surface area contributed by atoms with Gasteiger partial charge in [-0.05, 0) is 55.9 Å². The Balaban J connectivity index is 1.45. The van der Waals surface area contributed by atoms with Gasteiger partial charge in [-0.1, -0.05) is 6.92 Å². The predicted octanol–water partition coefficient (Wildman–Crippen LogP) is 3.71. The van der Waals surface area contributed by atoms with Crippen molar-refractivity contribution in [2.45, 2.75) is 45.2 Å². The third-order valence-electron chi connectivity index (χ3n) is 5.51. The lowest BCUT2D eigenvalue weighted by Gasteiger charge is -2.54. The maximum absolute atomic E-state index is 13.0. The van der Waals surface area contributed by atoms with Crippen LogP contribution in [-0.4, -0.2) is 45.0 Å². The molecule has 8 heteroatoms. The fourth-order valence-electron chi connectivity index (χ4n) is 4.16. The molecule has 0 spiro atoms. The highest BCUT2D eigenvalue weighted by Gasteiger charge is 2.46. The Labute approximate surface area is 162 Å². The molecule has 0 aliphatic carbocycles. The number of nitrogens with one attached hydrogen (secondary N) is 3. The summed E-state index contributed by atoms with van der Waals surface area (Å²) in [7, 11) is 0. The number of H-pyrrole nitrogens is 1. The van der Waals surface area contributed by atoms with Gasteiger partial charge in [-0.25, -0.2) is 14.8 Å². The fourth-order valence-corrected chi connectivity index (χ4v) is 4.16. The minimum Gasteiger partial charge on any atom is -0.331 e. The highest BCUT2D eigenvalue weighted by molar-refractivity contribution is 6.04. The number of aromatic nitrogens is 2. The average Bonchev–Trinajstić information content (AvgIpc) is 3.06. The summed E-state index contributed by atoms with van der Waals surface area (Å²) in [6.45, 7) is 4.06. The quantitative estimate of drug-likeness (QED) is 0.557. The maximum Gasteiger partial charge on any atom is 0.323 e. The molecule has 0 saturated carbocycles. The second-order valence-corrected chi connectivity index (χ2v) is 7.71. The van der Waals surface area contributed by atoms with Gasteiger partial charge in [-0.15, -0.1) is 0 Å². The number of anilines is 1. The molecule has 146 valence electrons. The van der Waals surface area contributed by atoms with E-state index in [1.165, 1.54) is 12.3 Å². The minimum absolute atomic E-state index is 0.0139. The van der Waals surface area contributed by atoms with Crippen molar-refractivity contribution < 1.29 is 9.18 Å². The second-order valence-electron chi connectivity index (χ2n) is 7.71. The Morgan fingerprint density at radius 2 is 2.14 bits per heavy atom. The summed E-state index contributed by atoms with van der Waals surface area (Å²) in [5.74, 6) is 0.626. The Morgan fingerprint density at radius 1 is 1.39 bits per heavy atom. The van der Waals surface area contributed by atoms with Gasteiger partial charge < -0.3 is 9.88 Å². The van der Waals surface area contributed by atoms with E-state index in [9.17, 15) is 9.18 Å². The zero-order valence-electron chi connectivity index (χ0n) is 15.9. The molecular weight excluding hydrogens is 359 g/mol. The smallest absolute Gasteiger partial charge is 0.323 e. The van der Waals surface area contributed by atoms with E-state index < -0.39 is 5.95 Å². The van der Waals surface area contributed by atoms with Crippen LogP contribution < -0.4 is 5.32 Å². The van der Waals surface area contributed by atoms with Crippen LogP contribution in [-0.2, 0) is 0 Å². The van der Waals surface area contributed by atoms with Crippen molar-refractivity contribution in [3.05, 3.63) is 47.2 Å². The van der Waals surface area contributed by atoms with E-state index in [4.69, 9.17) is 5.41 Å². The summed E-state index contributed by atoms with van der Waals surface area (Å²) in [6, 6.07) is 5.00. The Kier molecular flexibility index (Phi) is 4.70. The number of hydrogen-bond acceptors (Lipinski definition) is 3. The number of urea groups is 1. The first-order valence-corrected chi connectivity index (χ1v) is 9.44. The van der Waals surface area contributed by atoms with Crippen LogP contribution >= 0.6 is 0 Å². The highest BCUT2D eigenvalue weighted by atomic mass is 19.1. The molecule has 2 aliphatic heterocycles. The molecule has 0 aromatic carbocycles. The van der Waals surface area contributed by atoms with Gasteiger partial charge in [-0.2, -0.15) is 4.39 Å². The number of aliphatic imine (C=N–C) groups is 1. The molecule has 2 bridgehead atoms. The van der Waals surface area contributed by atoms with E-state index in [0.717, 1.165) is 24.8 Å². The summed E-state index contributed by atoms with van der Waals surface area (Å²) in [5.41, 5.74) is 1.81. The number of carbonyl (C=O) groups excluding carboxylic acids is 1. The van der Waals surface area contributed by atoms with E-state index in [2.05, 4.69) is 27.2 Å². The first-order chi connectivity index (χ1) is 13.4. The van der Waals surface area contributed by atoms with Gasteiger partial charge in [0.25, 0.3) is 0 Å². The van der Waals surface area contributed by atoms with Crippen LogP contribution in [0.15, 0.2) is 29.4 Å². The first-order valence-electron chi connectivity index (χ1n) is 9.44. The SMILES string of the molecule is Cc1cnc(NC(=O)N2C3CC(C)CC2C3)cc1C(=N)N=Cc1ccc(F)[nH]1. The molecule has 3 N–H and O–H groups in total. The molecular formula is C20H23FN6O. The Bertz CT molecular complexity index is 940. The van der Waals surface area contributed by atoms with E-state index in [0.29, 0.717) is 35.1 Å². The average molecular weight is 382 g/mol. The number of aryl methyl sites for hydroxylation is 1. The Hall–Kier alpha value is -3.03. The van der Waals surface area contributed by atoms with Crippen molar-refractivity contribution in [1.82, 2.24) is 14.9 Å². The van der Waals surface area contributed by atoms with E-state index in [1.54, 1.807) is 18.3 Å². The number of pyridine rings is 1. The van der Waals surface area contributed by atoms with Crippen LogP contribution in [0.25, 0.3) is 0 Å². The summed E-state index contributed by atoms with van der Waals surface area (Å²) in [6.07, 6.45) is 6.20. The molecule has 2 amide bonds. The number of aromatic amines is 1. The molecule has 2 aromatic rings. The lowest BCUT2D eigenvalue weighted by Crippen LogP contribution is -2.63. The number of fused-ring (bicyclic) bond motifs is 2. The molecule has 2 saturated heterocycles. The van der Waals surface area contributed by atoms with Crippen LogP contribution in [0.5, 0.6) is 0 Å². The van der Waals surface area contributed by atoms with Gasteiger partial charge >= 0.3 is 6.03 Å². The summed E-state index contributed by atoms with van der Waals surface area (Å²) in [4.78, 5) is 25.4. The van der Waals surface area contributed by atoms with Crippen molar-refractivity contribution in [1.29, 1.82) is 5.41 Å².